The summed E-state index contributed by atoms with van der Waals surface area (Å²) >= 11 is 6.16. The predicted octanol–water partition coefficient (Wildman–Crippen LogP) is 4.04. The van der Waals surface area contributed by atoms with Crippen molar-refractivity contribution in [3.63, 3.8) is 0 Å². The van der Waals surface area contributed by atoms with Gasteiger partial charge in [0.2, 0.25) is 0 Å². The summed E-state index contributed by atoms with van der Waals surface area (Å²) in [6.07, 6.45) is 2.34. The molecule has 2 heterocycles. The summed E-state index contributed by atoms with van der Waals surface area (Å²) in [6, 6.07) is 7.81. The molecule has 25 heavy (non-hydrogen) atoms. The van der Waals surface area contributed by atoms with E-state index in [1.807, 2.05) is 29.2 Å². The summed E-state index contributed by atoms with van der Waals surface area (Å²) in [4.78, 5) is 19.9. The lowest BCUT2D eigenvalue weighted by Gasteiger charge is -2.34. The van der Waals surface area contributed by atoms with E-state index in [9.17, 15) is 4.79 Å². The number of pyridine rings is 1. The fourth-order valence-electron chi connectivity index (χ4n) is 3.28. The summed E-state index contributed by atoms with van der Waals surface area (Å²) in [6.45, 7) is 4.51. The van der Waals surface area contributed by atoms with Gasteiger partial charge in [-0.05, 0) is 44.0 Å². The molecule has 1 saturated heterocycles. The Hall–Kier alpha value is -1.07. The molecule has 7 heteroatoms. The summed E-state index contributed by atoms with van der Waals surface area (Å²) in [5, 5.41) is 4.83. The molecule has 2 fully saturated rings. The lowest BCUT2D eigenvalue weighted by Crippen LogP contribution is -2.52. The molecule has 4 rings (SSSR count). The molecule has 136 valence electrons. The Kier molecular flexibility index (Phi) is 6.55. The second kappa shape index (κ2) is 8.09. The van der Waals surface area contributed by atoms with Crippen LogP contribution in [-0.2, 0) is 0 Å². The van der Waals surface area contributed by atoms with Crippen LogP contribution in [-0.4, -0.2) is 41.5 Å². The zero-order valence-corrected chi connectivity index (χ0v) is 16.4. The van der Waals surface area contributed by atoms with Crippen molar-refractivity contribution >= 4 is 53.2 Å². The number of carbonyl (C=O) groups excluding carboxylic acids is 1. The standard InChI is InChI=1S/C18H20ClN3O.2ClH/c1-11-10-20-6-7-22(11)18(23)15-9-17(12-2-3-12)21-16-5-4-13(19)8-14(15)16;;/h4-5,8-9,11-12,20H,2-3,6-7,10H2,1H3;2*1H. The van der Waals surface area contributed by atoms with E-state index in [0.717, 1.165) is 41.8 Å². The van der Waals surface area contributed by atoms with Crippen molar-refractivity contribution in [3.05, 3.63) is 40.5 Å². The van der Waals surface area contributed by atoms with Gasteiger partial charge in [0, 0.05) is 47.7 Å². The highest BCUT2D eigenvalue weighted by molar-refractivity contribution is 6.31. The van der Waals surface area contributed by atoms with Crippen molar-refractivity contribution in [2.75, 3.05) is 19.6 Å². The lowest BCUT2D eigenvalue weighted by atomic mass is 10.0. The Balaban J connectivity index is 0.00000113. The molecule has 1 atom stereocenters. The Morgan fingerprint density at radius 2 is 2.04 bits per heavy atom. The van der Waals surface area contributed by atoms with Crippen LogP contribution < -0.4 is 5.32 Å². The number of hydrogen-bond donors (Lipinski definition) is 1. The number of amides is 1. The van der Waals surface area contributed by atoms with Crippen molar-refractivity contribution in [2.45, 2.75) is 31.7 Å². The lowest BCUT2D eigenvalue weighted by molar-refractivity contribution is 0.0657. The third-order valence-corrected chi connectivity index (χ3v) is 5.01. The largest absolute Gasteiger partial charge is 0.333 e. The molecule has 1 amide bonds. The average molecular weight is 403 g/mol. The summed E-state index contributed by atoms with van der Waals surface area (Å²) in [5.41, 5.74) is 2.66. The highest BCUT2D eigenvalue weighted by Gasteiger charge is 2.29. The first-order chi connectivity index (χ1) is 11.1. The molecule has 4 nitrogen and oxygen atoms in total. The van der Waals surface area contributed by atoms with Gasteiger partial charge in [0.1, 0.15) is 0 Å². The van der Waals surface area contributed by atoms with Gasteiger partial charge in [-0.25, -0.2) is 0 Å². The van der Waals surface area contributed by atoms with Gasteiger partial charge in [0.25, 0.3) is 5.91 Å². The molecular formula is C18H22Cl3N3O. The molecule has 0 radical (unpaired) electrons. The molecule has 1 N–H and O–H groups in total. The highest BCUT2D eigenvalue weighted by Crippen LogP contribution is 2.40. The third-order valence-electron chi connectivity index (χ3n) is 4.78. The minimum absolute atomic E-state index is 0. The van der Waals surface area contributed by atoms with Crippen molar-refractivity contribution in [2.24, 2.45) is 0 Å². The number of halogens is 3. The quantitative estimate of drug-likeness (QED) is 0.824. The Bertz CT molecular complexity index is 779. The monoisotopic (exact) mass is 401 g/mol. The zero-order chi connectivity index (χ0) is 16.0. The van der Waals surface area contributed by atoms with Gasteiger partial charge in [0.05, 0.1) is 11.1 Å². The van der Waals surface area contributed by atoms with Gasteiger partial charge in [-0.2, -0.15) is 0 Å². The SMILES string of the molecule is CC1CNCCN1C(=O)c1cc(C2CC2)nc2ccc(Cl)cc12.Cl.Cl. The molecule has 1 unspecified atom stereocenters. The van der Waals surface area contributed by atoms with Crippen LogP contribution in [0.1, 0.15) is 41.7 Å². The van der Waals surface area contributed by atoms with Gasteiger partial charge in [0.15, 0.2) is 0 Å². The number of nitrogens with zero attached hydrogens (tertiary/aromatic N) is 2. The van der Waals surface area contributed by atoms with Gasteiger partial charge in [-0.1, -0.05) is 11.6 Å². The maximum absolute atomic E-state index is 13.2. The molecule has 1 aromatic heterocycles. The Morgan fingerprint density at radius 3 is 2.72 bits per heavy atom. The van der Waals surface area contributed by atoms with E-state index in [0.29, 0.717) is 10.9 Å². The number of benzene rings is 1. The Labute approximate surface area is 165 Å². The van der Waals surface area contributed by atoms with E-state index in [2.05, 4.69) is 12.2 Å². The van der Waals surface area contributed by atoms with Gasteiger partial charge < -0.3 is 10.2 Å². The topological polar surface area (TPSA) is 45.2 Å². The van der Waals surface area contributed by atoms with Crippen LogP contribution in [0.15, 0.2) is 24.3 Å². The van der Waals surface area contributed by atoms with Crippen LogP contribution in [0.5, 0.6) is 0 Å². The molecule has 2 aromatic rings. The number of rotatable bonds is 2. The number of carbonyl (C=O) groups is 1. The molecule has 0 spiro atoms. The van der Waals surface area contributed by atoms with Crippen LogP contribution in [0.4, 0.5) is 0 Å². The molecule has 1 saturated carbocycles. The van der Waals surface area contributed by atoms with Crippen molar-refractivity contribution < 1.29 is 4.79 Å². The van der Waals surface area contributed by atoms with E-state index in [1.165, 1.54) is 12.8 Å². The zero-order valence-electron chi connectivity index (χ0n) is 14.0. The maximum atomic E-state index is 13.2. The Morgan fingerprint density at radius 1 is 1.28 bits per heavy atom. The predicted molar refractivity (Wildman–Crippen MR) is 107 cm³/mol. The number of nitrogens with one attached hydrogen (secondary N) is 1. The minimum Gasteiger partial charge on any atom is -0.333 e. The smallest absolute Gasteiger partial charge is 0.254 e. The molecule has 1 aromatic carbocycles. The van der Waals surface area contributed by atoms with E-state index < -0.39 is 0 Å². The normalized spacial score (nSPS) is 19.9. The van der Waals surface area contributed by atoms with Gasteiger partial charge >= 0.3 is 0 Å². The summed E-state index contributed by atoms with van der Waals surface area (Å²) in [7, 11) is 0. The van der Waals surface area contributed by atoms with E-state index in [4.69, 9.17) is 16.6 Å². The van der Waals surface area contributed by atoms with Crippen LogP contribution in [0.3, 0.4) is 0 Å². The number of piperazine rings is 1. The summed E-state index contributed by atoms with van der Waals surface area (Å²) in [5.74, 6) is 0.609. The fourth-order valence-corrected chi connectivity index (χ4v) is 3.45. The second-order valence-corrected chi connectivity index (χ2v) is 7.02. The number of fused-ring (bicyclic) bond motifs is 1. The first kappa shape index (κ1) is 20.2. The van der Waals surface area contributed by atoms with Gasteiger partial charge in [-0.15, -0.1) is 24.8 Å². The van der Waals surface area contributed by atoms with Crippen LogP contribution >= 0.6 is 36.4 Å². The fraction of sp³-hybridized carbons (Fsp3) is 0.444. The second-order valence-electron chi connectivity index (χ2n) is 6.58. The van der Waals surface area contributed by atoms with Crippen LogP contribution in [0, 0.1) is 0 Å². The van der Waals surface area contributed by atoms with Crippen LogP contribution in [0.25, 0.3) is 10.9 Å². The van der Waals surface area contributed by atoms with Crippen molar-refractivity contribution in [3.8, 4) is 0 Å². The maximum Gasteiger partial charge on any atom is 0.254 e. The molecule has 2 aliphatic rings. The third kappa shape index (κ3) is 4.03. The van der Waals surface area contributed by atoms with Crippen molar-refractivity contribution in [1.29, 1.82) is 0 Å². The number of aromatic nitrogens is 1. The first-order valence-corrected chi connectivity index (χ1v) is 8.63. The van der Waals surface area contributed by atoms with Crippen LogP contribution in [0.2, 0.25) is 5.02 Å². The minimum atomic E-state index is 0. The van der Waals surface area contributed by atoms with E-state index >= 15 is 0 Å². The van der Waals surface area contributed by atoms with E-state index in [1.54, 1.807) is 0 Å². The summed E-state index contributed by atoms with van der Waals surface area (Å²) < 4.78 is 0. The average Bonchev–Trinajstić information content (AvgIpc) is 3.38. The highest BCUT2D eigenvalue weighted by atomic mass is 35.5. The van der Waals surface area contributed by atoms with E-state index in [-0.39, 0.29) is 36.8 Å². The molecule has 1 aliphatic heterocycles. The number of hydrogen-bond acceptors (Lipinski definition) is 3. The van der Waals surface area contributed by atoms with Gasteiger partial charge in [-0.3, -0.25) is 9.78 Å². The van der Waals surface area contributed by atoms with Crippen molar-refractivity contribution in [1.82, 2.24) is 15.2 Å². The molecule has 1 aliphatic carbocycles. The first-order valence-electron chi connectivity index (χ1n) is 8.25. The molecule has 0 bridgehead atoms. The molecular weight excluding hydrogens is 381 g/mol.